The number of halogens is 7. The first-order chi connectivity index (χ1) is 12.6. The molecule has 0 atom stereocenters. The smallest absolute Gasteiger partial charge is 0.254 e. The Bertz CT molecular complexity index is 978. The Hall–Kier alpha value is -2.10. The Balaban J connectivity index is 2.00. The largest absolute Gasteiger partial charge is 0.416 e. The van der Waals surface area contributed by atoms with E-state index in [1.807, 2.05) is 22.6 Å². The number of hydrogen-bond acceptors (Lipinski definition) is 1. The van der Waals surface area contributed by atoms with Crippen molar-refractivity contribution >= 4 is 22.6 Å². The van der Waals surface area contributed by atoms with Crippen molar-refractivity contribution in [3.63, 3.8) is 0 Å². The Morgan fingerprint density at radius 3 is 1.70 bits per heavy atom. The van der Waals surface area contributed by atoms with Gasteiger partial charge in [0.25, 0.3) is 0 Å². The number of pyridine rings is 1. The monoisotopic (exact) mass is 493 g/mol. The second-order valence-electron chi connectivity index (χ2n) is 5.71. The van der Waals surface area contributed by atoms with Gasteiger partial charge in [-0.3, -0.25) is 4.98 Å². The van der Waals surface area contributed by atoms with Crippen LogP contribution in [0.3, 0.4) is 0 Å². The maximum atomic E-state index is 12.9. The molecule has 27 heavy (non-hydrogen) atoms. The van der Waals surface area contributed by atoms with E-state index in [1.54, 1.807) is 6.07 Å². The summed E-state index contributed by atoms with van der Waals surface area (Å²) in [6.07, 6.45) is -7.58. The van der Waals surface area contributed by atoms with Gasteiger partial charge in [0.05, 0.1) is 16.8 Å². The minimum absolute atomic E-state index is 0.282. The van der Waals surface area contributed by atoms with Gasteiger partial charge in [0.15, 0.2) is 0 Å². The van der Waals surface area contributed by atoms with Crippen LogP contribution in [0.4, 0.5) is 26.3 Å². The highest BCUT2D eigenvalue weighted by Gasteiger charge is 2.31. The summed E-state index contributed by atoms with van der Waals surface area (Å²) < 4.78 is 77.8. The van der Waals surface area contributed by atoms with Crippen molar-refractivity contribution in [3.8, 4) is 22.4 Å². The molecule has 8 heteroatoms. The molecule has 0 amide bonds. The molecule has 0 N–H and O–H groups in total. The van der Waals surface area contributed by atoms with Crippen LogP contribution >= 0.6 is 22.6 Å². The third kappa shape index (κ3) is 4.42. The maximum Gasteiger partial charge on any atom is 0.416 e. The predicted molar refractivity (Wildman–Crippen MR) is 97.8 cm³/mol. The van der Waals surface area contributed by atoms with E-state index in [2.05, 4.69) is 4.98 Å². The zero-order valence-electron chi connectivity index (χ0n) is 13.4. The molecule has 0 saturated carbocycles. The molecule has 0 fully saturated rings. The van der Waals surface area contributed by atoms with Gasteiger partial charge in [-0.05, 0) is 58.5 Å². The molecule has 0 bridgehead atoms. The van der Waals surface area contributed by atoms with Gasteiger partial charge in [0.2, 0.25) is 0 Å². The summed E-state index contributed by atoms with van der Waals surface area (Å²) in [5, 5.41) is 0. The number of nitrogens with zero attached hydrogens (tertiary/aromatic N) is 1. The van der Waals surface area contributed by atoms with Crippen LogP contribution in [0.2, 0.25) is 0 Å². The highest BCUT2D eigenvalue weighted by atomic mass is 127. The van der Waals surface area contributed by atoms with Crippen LogP contribution in [-0.2, 0) is 12.4 Å². The number of aromatic nitrogens is 1. The molecular formula is C19H10F6IN. The van der Waals surface area contributed by atoms with E-state index in [9.17, 15) is 26.3 Å². The van der Waals surface area contributed by atoms with Crippen molar-refractivity contribution in [1.82, 2.24) is 4.98 Å². The Morgan fingerprint density at radius 1 is 0.667 bits per heavy atom. The van der Waals surface area contributed by atoms with Gasteiger partial charge < -0.3 is 0 Å². The fraction of sp³-hybridized carbons (Fsp3) is 0.105. The lowest BCUT2D eigenvalue weighted by atomic mass is 10.0. The minimum Gasteiger partial charge on any atom is -0.254 e. The molecule has 1 nitrogen and oxygen atoms in total. The summed E-state index contributed by atoms with van der Waals surface area (Å²) >= 11 is 1.91. The summed E-state index contributed by atoms with van der Waals surface area (Å²) in [6.45, 7) is 0. The molecule has 0 aliphatic carbocycles. The van der Waals surface area contributed by atoms with Gasteiger partial charge in [-0.15, -0.1) is 0 Å². The molecule has 3 aromatic rings. The molecule has 3 rings (SSSR count). The van der Waals surface area contributed by atoms with E-state index >= 15 is 0 Å². The summed E-state index contributed by atoms with van der Waals surface area (Å²) in [5.74, 6) is 0. The van der Waals surface area contributed by atoms with Crippen molar-refractivity contribution < 1.29 is 26.3 Å². The van der Waals surface area contributed by atoms with E-state index in [0.29, 0.717) is 20.4 Å². The molecule has 0 saturated heterocycles. The van der Waals surface area contributed by atoms with Gasteiger partial charge in [-0.25, -0.2) is 0 Å². The van der Waals surface area contributed by atoms with Crippen LogP contribution in [-0.4, -0.2) is 4.98 Å². The van der Waals surface area contributed by atoms with Gasteiger partial charge in [-0.2, -0.15) is 26.3 Å². The van der Waals surface area contributed by atoms with Crippen molar-refractivity contribution in [1.29, 1.82) is 0 Å². The van der Waals surface area contributed by atoms with E-state index in [-0.39, 0.29) is 5.56 Å². The van der Waals surface area contributed by atoms with E-state index in [1.165, 1.54) is 30.5 Å². The molecule has 0 spiro atoms. The molecule has 1 aromatic heterocycles. The summed E-state index contributed by atoms with van der Waals surface area (Å²) in [4.78, 5) is 4.18. The molecule has 2 aromatic carbocycles. The molecule has 1 heterocycles. The average molecular weight is 493 g/mol. The van der Waals surface area contributed by atoms with Gasteiger partial charge in [0.1, 0.15) is 0 Å². The molecule has 0 radical (unpaired) electrons. The molecule has 140 valence electrons. The molecule has 0 aliphatic heterocycles. The zero-order valence-corrected chi connectivity index (χ0v) is 15.5. The fourth-order valence-electron chi connectivity index (χ4n) is 2.53. The lowest BCUT2D eigenvalue weighted by Gasteiger charge is -2.12. The lowest BCUT2D eigenvalue weighted by Crippen LogP contribution is -2.05. The van der Waals surface area contributed by atoms with Crippen molar-refractivity contribution in [3.05, 3.63) is 75.5 Å². The minimum atomic E-state index is -4.47. The average Bonchev–Trinajstić information content (AvgIpc) is 2.60. The van der Waals surface area contributed by atoms with E-state index in [4.69, 9.17) is 0 Å². The number of rotatable bonds is 2. The van der Waals surface area contributed by atoms with Crippen LogP contribution in [0.15, 0.2) is 60.8 Å². The van der Waals surface area contributed by atoms with Gasteiger partial charge in [-0.1, -0.05) is 24.3 Å². The zero-order chi connectivity index (χ0) is 19.8. The molecular weight excluding hydrogens is 483 g/mol. The number of benzene rings is 2. The summed E-state index contributed by atoms with van der Waals surface area (Å²) in [6, 6.07) is 11.1. The van der Waals surface area contributed by atoms with Crippen LogP contribution < -0.4 is 0 Å². The first kappa shape index (κ1) is 19.7. The van der Waals surface area contributed by atoms with Crippen LogP contribution in [0, 0.1) is 3.57 Å². The molecule has 0 unspecified atom stereocenters. The SMILES string of the molecule is FC(F)(F)c1cccc(-c2cnc(-c3cccc(C(F)(F)F)c3)c(I)c2)c1. The predicted octanol–water partition coefficient (Wildman–Crippen LogP) is 7.06. The number of alkyl halides is 6. The van der Waals surface area contributed by atoms with Crippen LogP contribution in [0.1, 0.15) is 11.1 Å². The highest BCUT2D eigenvalue weighted by Crippen LogP contribution is 2.35. The van der Waals surface area contributed by atoms with Crippen molar-refractivity contribution in [2.75, 3.05) is 0 Å². The van der Waals surface area contributed by atoms with Gasteiger partial charge >= 0.3 is 12.4 Å². The third-order valence-corrected chi connectivity index (χ3v) is 4.65. The van der Waals surface area contributed by atoms with Crippen molar-refractivity contribution in [2.45, 2.75) is 12.4 Å². The standard InChI is InChI=1S/C19H10F6IN/c20-18(21,22)14-5-1-3-11(7-14)13-9-16(26)17(27-10-13)12-4-2-6-15(8-12)19(23,24)25/h1-10H. The van der Waals surface area contributed by atoms with Crippen LogP contribution in [0.25, 0.3) is 22.4 Å². The maximum absolute atomic E-state index is 12.9. The third-order valence-electron chi connectivity index (χ3n) is 3.83. The Kier molecular flexibility index (Phi) is 5.20. The topological polar surface area (TPSA) is 12.9 Å². The summed E-state index contributed by atoms with van der Waals surface area (Å²) in [7, 11) is 0. The van der Waals surface area contributed by atoms with Gasteiger partial charge in [0, 0.05) is 20.9 Å². The first-order valence-corrected chi connectivity index (χ1v) is 8.64. The second kappa shape index (κ2) is 7.14. The molecule has 0 aliphatic rings. The highest BCUT2D eigenvalue weighted by molar-refractivity contribution is 14.1. The van der Waals surface area contributed by atoms with Crippen LogP contribution in [0.5, 0.6) is 0 Å². The Labute approximate surface area is 164 Å². The first-order valence-electron chi connectivity index (χ1n) is 7.56. The second-order valence-corrected chi connectivity index (χ2v) is 6.87. The Morgan fingerprint density at radius 2 is 1.19 bits per heavy atom. The quantitative estimate of drug-likeness (QED) is 0.275. The fourth-order valence-corrected chi connectivity index (χ4v) is 3.31. The number of hydrogen-bond donors (Lipinski definition) is 0. The normalized spacial score (nSPS) is 12.3. The summed E-state index contributed by atoms with van der Waals surface area (Å²) in [5.41, 5.74) is -0.189. The lowest BCUT2D eigenvalue weighted by molar-refractivity contribution is -0.138. The van der Waals surface area contributed by atoms with E-state index < -0.39 is 23.5 Å². The van der Waals surface area contributed by atoms with Crippen molar-refractivity contribution in [2.24, 2.45) is 0 Å². The van der Waals surface area contributed by atoms with E-state index in [0.717, 1.165) is 24.3 Å².